The lowest BCUT2D eigenvalue weighted by Crippen LogP contribution is -2.50. The van der Waals surface area contributed by atoms with Gasteiger partial charge in [-0.25, -0.2) is 0 Å². The fraction of sp³-hybridized carbons (Fsp3) is 1.00. The first-order valence-corrected chi connectivity index (χ1v) is 7.73. The van der Waals surface area contributed by atoms with E-state index in [9.17, 15) is 0 Å². The van der Waals surface area contributed by atoms with Crippen molar-refractivity contribution < 1.29 is 0 Å². The van der Waals surface area contributed by atoms with Crippen LogP contribution in [0, 0.1) is 5.92 Å². The highest BCUT2D eigenvalue weighted by Crippen LogP contribution is 2.37. The van der Waals surface area contributed by atoms with Crippen LogP contribution in [0.5, 0.6) is 0 Å². The first kappa shape index (κ1) is 13.4. The van der Waals surface area contributed by atoms with Crippen LogP contribution in [0.4, 0.5) is 0 Å². The molecule has 100 valence electrons. The highest BCUT2D eigenvalue weighted by molar-refractivity contribution is 4.94. The second-order valence-corrected chi connectivity index (χ2v) is 6.12. The van der Waals surface area contributed by atoms with Crippen molar-refractivity contribution >= 4 is 0 Å². The van der Waals surface area contributed by atoms with Crippen molar-refractivity contribution in [2.24, 2.45) is 5.92 Å². The summed E-state index contributed by atoms with van der Waals surface area (Å²) in [4.78, 5) is 2.80. The maximum absolute atomic E-state index is 3.66. The van der Waals surface area contributed by atoms with Gasteiger partial charge in [0.1, 0.15) is 0 Å². The molecule has 1 aliphatic heterocycles. The van der Waals surface area contributed by atoms with E-state index >= 15 is 0 Å². The molecule has 1 saturated heterocycles. The Kier molecular flexibility index (Phi) is 4.87. The molecular formula is C15H30N2. The second kappa shape index (κ2) is 6.19. The van der Waals surface area contributed by atoms with E-state index in [2.05, 4.69) is 31.0 Å². The van der Waals surface area contributed by atoms with Crippen LogP contribution in [0.25, 0.3) is 0 Å². The van der Waals surface area contributed by atoms with E-state index in [1.807, 2.05) is 0 Å². The predicted octanol–water partition coefficient (Wildman–Crippen LogP) is 3.03. The van der Waals surface area contributed by atoms with Gasteiger partial charge in [0, 0.05) is 18.1 Å². The molecule has 0 amide bonds. The summed E-state index contributed by atoms with van der Waals surface area (Å²) in [6.07, 6.45) is 8.58. The molecule has 1 heterocycles. The molecule has 1 saturated carbocycles. The molecule has 0 aromatic carbocycles. The monoisotopic (exact) mass is 238 g/mol. The third-order valence-electron chi connectivity index (χ3n) is 5.02. The minimum atomic E-state index is 0.635. The Morgan fingerprint density at radius 1 is 1.18 bits per heavy atom. The summed E-state index contributed by atoms with van der Waals surface area (Å²) in [6, 6.07) is 2.25. The summed E-state index contributed by atoms with van der Waals surface area (Å²) in [5, 5.41) is 3.66. The maximum Gasteiger partial charge on any atom is 0.0221 e. The molecule has 2 fully saturated rings. The highest BCUT2D eigenvalue weighted by Gasteiger charge is 2.38. The van der Waals surface area contributed by atoms with Gasteiger partial charge in [-0.3, -0.25) is 4.90 Å². The average molecular weight is 238 g/mol. The van der Waals surface area contributed by atoms with Crippen LogP contribution in [-0.2, 0) is 0 Å². The van der Waals surface area contributed by atoms with E-state index in [1.54, 1.807) is 0 Å². The number of nitrogens with zero attached hydrogens (tertiary/aromatic N) is 1. The molecule has 2 rings (SSSR count). The Morgan fingerprint density at radius 2 is 1.94 bits per heavy atom. The van der Waals surface area contributed by atoms with Crippen molar-refractivity contribution in [1.29, 1.82) is 0 Å². The van der Waals surface area contributed by atoms with E-state index in [0.717, 1.165) is 18.5 Å². The largest absolute Gasteiger partial charge is 0.313 e. The zero-order valence-electron chi connectivity index (χ0n) is 11.9. The van der Waals surface area contributed by atoms with Gasteiger partial charge in [-0.05, 0) is 58.5 Å². The first-order chi connectivity index (χ1) is 8.24. The maximum atomic E-state index is 3.66. The average Bonchev–Trinajstić information content (AvgIpc) is 2.78. The third kappa shape index (κ3) is 3.03. The Morgan fingerprint density at radius 3 is 2.71 bits per heavy atom. The summed E-state index contributed by atoms with van der Waals surface area (Å²) in [7, 11) is 0. The lowest BCUT2D eigenvalue weighted by atomic mass is 9.85. The number of likely N-dealkylation sites (tertiary alicyclic amines) is 1. The molecule has 4 unspecified atom stereocenters. The van der Waals surface area contributed by atoms with Gasteiger partial charge >= 0.3 is 0 Å². The fourth-order valence-corrected chi connectivity index (χ4v) is 3.78. The Balaban J connectivity index is 1.88. The van der Waals surface area contributed by atoms with Crippen molar-refractivity contribution in [1.82, 2.24) is 10.2 Å². The summed E-state index contributed by atoms with van der Waals surface area (Å²) in [6.45, 7) is 9.53. The molecule has 17 heavy (non-hydrogen) atoms. The standard InChI is InChI=1S/C15H30N2/c1-4-10-16-12(2)13(3)17-11-9-14-7-5-6-8-15(14)17/h12-16H,4-11H2,1-3H3. The van der Waals surface area contributed by atoms with Gasteiger partial charge in [0.15, 0.2) is 0 Å². The molecule has 2 nitrogen and oxygen atoms in total. The molecular weight excluding hydrogens is 208 g/mol. The van der Waals surface area contributed by atoms with Crippen LogP contribution in [0.1, 0.15) is 59.3 Å². The van der Waals surface area contributed by atoms with E-state index in [-0.39, 0.29) is 0 Å². The molecule has 2 heteroatoms. The molecule has 0 radical (unpaired) electrons. The zero-order valence-corrected chi connectivity index (χ0v) is 11.9. The Labute approximate surface area is 107 Å². The topological polar surface area (TPSA) is 15.3 Å². The van der Waals surface area contributed by atoms with Crippen molar-refractivity contribution in [3.8, 4) is 0 Å². The van der Waals surface area contributed by atoms with Crippen molar-refractivity contribution in [3.63, 3.8) is 0 Å². The van der Waals surface area contributed by atoms with Crippen molar-refractivity contribution in [3.05, 3.63) is 0 Å². The normalized spacial score (nSPS) is 33.4. The minimum absolute atomic E-state index is 0.635. The SMILES string of the molecule is CCCNC(C)C(C)N1CCC2CCCCC21. The Hall–Kier alpha value is -0.0800. The summed E-state index contributed by atoms with van der Waals surface area (Å²) < 4.78 is 0. The predicted molar refractivity (Wildman–Crippen MR) is 74.3 cm³/mol. The van der Waals surface area contributed by atoms with Gasteiger partial charge in [0.25, 0.3) is 0 Å². The van der Waals surface area contributed by atoms with Gasteiger partial charge in [-0.1, -0.05) is 19.8 Å². The smallest absolute Gasteiger partial charge is 0.0221 e. The lowest BCUT2D eigenvalue weighted by molar-refractivity contribution is 0.120. The number of hydrogen-bond donors (Lipinski definition) is 1. The summed E-state index contributed by atoms with van der Waals surface area (Å²) >= 11 is 0. The third-order valence-corrected chi connectivity index (χ3v) is 5.02. The molecule has 1 N–H and O–H groups in total. The van der Waals surface area contributed by atoms with Gasteiger partial charge in [-0.15, -0.1) is 0 Å². The van der Waals surface area contributed by atoms with Crippen LogP contribution in [0.3, 0.4) is 0 Å². The second-order valence-electron chi connectivity index (χ2n) is 6.12. The fourth-order valence-electron chi connectivity index (χ4n) is 3.78. The van der Waals surface area contributed by atoms with E-state index in [4.69, 9.17) is 0 Å². The van der Waals surface area contributed by atoms with Crippen LogP contribution in [0.15, 0.2) is 0 Å². The van der Waals surface area contributed by atoms with Crippen molar-refractivity contribution in [2.75, 3.05) is 13.1 Å². The number of hydrogen-bond acceptors (Lipinski definition) is 2. The molecule has 2 aliphatic rings. The van der Waals surface area contributed by atoms with Gasteiger partial charge in [-0.2, -0.15) is 0 Å². The zero-order chi connectivity index (χ0) is 12.3. The molecule has 0 aromatic heterocycles. The summed E-state index contributed by atoms with van der Waals surface area (Å²) in [5.74, 6) is 1.02. The van der Waals surface area contributed by atoms with Crippen LogP contribution < -0.4 is 5.32 Å². The van der Waals surface area contributed by atoms with Gasteiger partial charge in [0.05, 0.1) is 0 Å². The molecule has 0 bridgehead atoms. The minimum Gasteiger partial charge on any atom is -0.313 e. The summed E-state index contributed by atoms with van der Waals surface area (Å²) in [5.41, 5.74) is 0. The molecule has 0 aromatic rings. The molecule has 1 aliphatic carbocycles. The Bertz CT molecular complexity index is 229. The lowest BCUT2D eigenvalue weighted by Gasteiger charge is -2.38. The van der Waals surface area contributed by atoms with E-state index < -0.39 is 0 Å². The van der Waals surface area contributed by atoms with Crippen LogP contribution in [0.2, 0.25) is 0 Å². The number of rotatable bonds is 5. The van der Waals surface area contributed by atoms with Crippen LogP contribution >= 0.6 is 0 Å². The van der Waals surface area contributed by atoms with Gasteiger partial charge in [0.2, 0.25) is 0 Å². The molecule has 0 spiro atoms. The first-order valence-electron chi connectivity index (χ1n) is 7.73. The van der Waals surface area contributed by atoms with Crippen molar-refractivity contribution in [2.45, 2.75) is 77.4 Å². The molecule has 4 atom stereocenters. The number of nitrogens with one attached hydrogen (secondary N) is 1. The van der Waals surface area contributed by atoms with E-state index in [0.29, 0.717) is 12.1 Å². The van der Waals surface area contributed by atoms with Crippen LogP contribution in [-0.4, -0.2) is 36.1 Å². The highest BCUT2D eigenvalue weighted by atomic mass is 15.2. The van der Waals surface area contributed by atoms with E-state index in [1.165, 1.54) is 45.1 Å². The number of fused-ring (bicyclic) bond motifs is 1. The quantitative estimate of drug-likeness (QED) is 0.792. The van der Waals surface area contributed by atoms with Gasteiger partial charge < -0.3 is 5.32 Å².